The first-order valence-electron chi connectivity index (χ1n) is 11.0. The molecule has 0 bridgehead atoms. The molecule has 3 N–H and O–H groups in total. The minimum atomic E-state index is -1.05. The fourth-order valence-electron chi connectivity index (χ4n) is 3.53. The van der Waals surface area contributed by atoms with E-state index in [1.54, 1.807) is 0 Å². The van der Waals surface area contributed by atoms with Crippen molar-refractivity contribution in [3.63, 3.8) is 0 Å². The number of aryl methyl sites for hydroxylation is 1. The molecule has 0 aliphatic heterocycles. The van der Waals surface area contributed by atoms with Crippen LogP contribution < -0.4 is 15.4 Å². The number of rotatable bonds is 11. The highest BCUT2D eigenvalue weighted by Gasteiger charge is 2.24. The molecule has 1 amide bonds. The Morgan fingerprint density at radius 1 is 1.09 bits per heavy atom. The second-order valence-electron chi connectivity index (χ2n) is 7.88. The van der Waals surface area contributed by atoms with E-state index >= 15 is 0 Å². The molecule has 9 heteroatoms. The van der Waals surface area contributed by atoms with Crippen molar-refractivity contribution in [2.75, 3.05) is 13.7 Å². The number of benzene rings is 2. The number of carbonyl (C=O) groups excluding carboxylic acids is 1. The van der Waals surface area contributed by atoms with Crippen LogP contribution in [-0.4, -0.2) is 46.8 Å². The molecule has 1 aromatic heterocycles. The number of nitrogens with one attached hydrogen (secondary N) is 2. The Kier molecular flexibility index (Phi) is 9.00. The Balaban J connectivity index is 1.71. The van der Waals surface area contributed by atoms with Gasteiger partial charge >= 0.3 is 0 Å². The summed E-state index contributed by atoms with van der Waals surface area (Å²) in [5.74, 6) is -1.90. The van der Waals surface area contributed by atoms with Crippen LogP contribution in [0.5, 0.6) is 5.88 Å². The van der Waals surface area contributed by atoms with Crippen molar-refractivity contribution in [3.05, 3.63) is 88.9 Å². The Labute approximate surface area is 197 Å². The minimum absolute atomic E-state index is 0.00594. The average Bonchev–Trinajstić information content (AvgIpc) is 2.83. The molecule has 0 saturated heterocycles. The predicted molar refractivity (Wildman–Crippen MR) is 123 cm³/mol. The molecule has 1 heterocycles. The highest BCUT2D eigenvalue weighted by atomic mass is 19.1. The van der Waals surface area contributed by atoms with Gasteiger partial charge in [-0.2, -0.15) is 0 Å². The maximum absolute atomic E-state index is 13.7. The van der Waals surface area contributed by atoms with Crippen LogP contribution in [0.25, 0.3) is 0 Å². The standard InChI is InChI=1S/C25H28F2N4O3/c1-3-16-5-4-6-17(7-16)12-28-14-23(32)21(10-18-8-19(26)11-20(27)9-18)31-25(33)22-13-29-15-24(30-22)34-2/h4-9,11,13,15,21,23,28,32H,3,10,12,14H2,1-2H3,(H,31,33). The van der Waals surface area contributed by atoms with E-state index in [-0.39, 0.29) is 24.5 Å². The first kappa shape index (κ1) is 25.2. The number of aliphatic hydroxyl groups excluding tert-OH is 1. The van der Waals surface area contributed by atoms with Gasteiger partial charge in [0.25, 0.3) is 5.91 Å². The van der Waals surface area contributed by atoms with Gasteiger partial charge in [0.2, 0.25) is 5.88 Å². The number of amides is 1. The number of halogens is 2. The van der Waals surface area contributed by atoms with E-state index in [1.165, 1.54) is 37.2 Å². The smallest absolute Gasteiger partial charge is 0.271 e. The molecule has 3 aromatic rings. The summed E-state index contributed by atoms with van der Waals surface area (Å²) < 4.78 is 32.4. The van der Waals surface area contributed by atoms with Crippen LogP contribution >= 0.6 is 0 Å². The fraction of sp³-hybridized carbons (Fsp3) is 0.320. The zero-order valence-electron chi connectivity index (χ0n) is 19.1. The summed E-state index contributed by atoms with van der Waals surface area (Å²) in [5.41, 5.74) is 2.56. The number of aromatic nitrogens is 2. The summed E-state index contributed by atoms with van der Waals surface area (Å²) in [5, 5.41) is 16.7. The van der Waals surface area contributed by atoms with Gasteiger partial charge in [-0.05, 0) is 41.7 Å². The van der Waals surface area contributed by atoms with Crippen molar-refractivity contribution in [1.82, 2.24) is 20.6 Å². The number of hydrogen-bond donors (Lipinski definition) is 3. The molecule has 2 aromatic carbocycles. The van der Waals surface area contributed by atoms with E-state index in [9.17, 15) is 18.7 Å². The van der Waals surface area contributed by atoms with Crippen LogP contribution in [0.3, 0.4) is 0 Å². The first-order chi connectivity index (χ1) is 16.4. The molecule has 0 aliphatic rings. The van der Waals surface area contributed by atoms with Crippen LogP contribution in [0.15, 0.2) is 54.9 Å². The van der Waals surface area contributed by atoms with Crippen LogP contribution in [0.2, 0.25) is 0 Å². The zero-order valence-corrected chi connectivity index (χ0v) is 19.1. The molecule has 0 spiro atoms. The van der Waals surface area contributed by atoms with Crippen molar-refractivity contribution in [3.8, 4) is 5.88 Å². The lowest BCUT2D eigenvalue weighted by atomic mass is 10.00. The molecular formula is C25H28F2N4O3. The van der Waals surface area contributed by atoms with Crippen molar-refractivity contribution < 1.29 is 23.4 Å². The summed E-state index contributed by atoms with van der Waals surface area (Å²) in [7, 11) is 1.40. The highest BCUT2D eigenvalue weighted by molar-refractivity contribution is 5.92. The Hall–Kier alpha value is -3.43. The second kappa shape index (κ2) is 12.2. The zero-order chi connectivity index (χ0) is 24.5. The van der Waals surface area contributed by atoms with Crippen LogP contribution in [0.4, 0.5) is 8.78 Å². The Bertz CT molecular complexity index is 1090. The number of methoxy groups -OCH3 is 1. The number of ether oxygens (including phenoxy) is 1. The lowest BCUT2D eigenvalue weighted by molar-refractivity contribution is 0.0824. The Morgan fingerprint density at radius 3 is 2.53 bits per heavy atom. The molecule has 0 saturated carbocycles. The van der Waals surface area contributed by atoms with E-state index in [4.69, 9.17) is 4.74 Å². The lowest BCUT2D eigenvalue weighted by Crippen LogP contribution is -2.48. The molecule has 180 valence electrons. The normalized spacial score (nSPS) is 12.7. The SMILES string of the molecule is CCc1cccc(CNCC(O)C(Cc2cc(F)cc(F)c2)NC(=O)c2cncc(OC)n2)c1. The third kappa shape index (κ3) is 7.29. The van der Waals surface area contributed by atoms with Crippen LogP contribution in [0, 0.1) is 11.6 Å². The number of nitrogens with zero attached hydrogens (tertiary/aromatic N) is 2. The summed E-state index contributed by atoms with van der Waals surface area (Å²) in [6.45, 7) is 2.73. The molecule has 0 radical (unpaired) electrons. The largest absolute Gasteiger partial charge is 0.480 e. The van der Waals surface area contributed by atoms with E-state index in [0.29, 0.717) is 12.1 Å². The Morgan fingerprint density at radius 2 is 1.82 bits per heavy atom. The van der Waals surface area contributed by atoms with E-state index < -0.39 is 29.7 Å². The van der Waals surface area contributed by atoms with E-state index in [2.05, 4.69) is 33.6 Å². The molecule has 7 nitrogen and oxygen atoms in total. The fourth-order valence-corrected chi connectivity index (χ4v) is 3.53. The summed E-state index contributed by atoms with van der Waals surface area (Å²) in [6.07, 6.45) is 2.50. The molecule has 2 atom stereocenters. The summed E-state index contributed by atoms with van der Waals surface area (Å²) in [6, 6.07) is 10.3. The van der Waals surface area contributed by atoms with Crippen molar-refractivity contribution in [1.29, 1.82) is 0 Å². The first-order valence-corrected chi connectivity index (χ1v) is 11.0. The van der Waals surface area contributed by atoms with Crippen LogP contribution in [0.1, 0.15) is 34.1 Å². The molecule has 3 rings (SSSR count). The molecule has 2 unspecified atom stereocenters. The van der Waals surface area contributed by atoms with Crippen molar-refractivity contribution in [2.45, 2.75) is 38.5 Å². The number of aliphatic hydroxyl groups is 1. The quantitative estimate of drug-likeness (QED) is 0.399. The van der Waals surface area contributed by atoms with Gasteiger partial charge in [-0.3, -0.25) is 9.78 Å². The second-order valence-corrected chi connectivity index (χ2v) is 7.88. The van der Waals surface area contributed by atoms with E-state index in [1.807, 2.05) is 18.2 Å². The molecular weight excluding hydrogens is 442 g/mol. The number of carbonyl (C=O) groups is 1. The molecule has 0 fully saturated rings. The van der Waals surface area contributed by atoms with Crippen molar-refractivity contribution in [2.24, 2.45) is 0 Å². The maximum Gasteiger partial charge on any atom is 0.271 e. The van der Waals surface area contributed by atoms with Gasteiger partial charge in [-0.1, -0.05) is 31.2 Å². The molecule has 34 heavy (non-hydrogen) atoms. The molecule has 0 aliphatic carbocycles. The predicted octanol–water partition coefficient (Wildman–Crippen LogP) is 2.82. The van der Waals surface area contributed by atoms with Gasteiger partial charge in [-0.25, -0.2) is 13.8 Å². The van der Waals surface area contributed by atoms with Gasteiger partial charge in [0.15, 0.2) is 0 Å². The van der Waals surface area contributed by atoms with Gasteiger partial charge in [0.1, 0.15) is 17.3 Å². The topological polar surface area (TPSA) is 96.4 Å². The van der Waals surface area contributed by atoms with Crippen LogP contribution in [-0.2, 0) is 19.4 Å². The van der Waals surface area contributed by atoms with Crippen molar-refractivity contribution >= 4 is 5.91 Å². The minimum Gasteiger partial charge on any atom is -0.480 e. The highest BCUT2D eigenvalue weighted by Crippen LogP contribution is 2.13. The summed E-state index contributed by atoms with van der Waals surface area (Å²) in [4.78, 5) is 20.7. The monoisotopic (exact) mass is 470 g/mol. The van der Waals surface area contributed by atoms with Gasteiger partial charge in [0, 0.05) is 19.2 Å². The number of hydrogen-bond acceptors (Lipinski definition) is 6. The summed E-state index contributed by atoms with van der Waals surface area (Å²) >= 11 is 0. The maximum atomic E-state index is 13.7. The van der Waals surface area contributed by atoms with Gasteiger partial charge < -0.3 is 20.5 Å². The lowest BCUT2D eigenvalue weighted by Gasteiger charge is -2.25. The van der Waals surface area contributed by atoms with Gasteiger partial charge in [0.05, 0.1) is 31.6 Å². The third-order valence-electron chi connectivity index (χ3n) is 5.30. The average molecular weight is 471 g/mol. The van der Waals surface area contributed by atoms with Gasteiger partial charge in [-0.15, -0.1) is 0 Å². The third-order valence-corrected chi connectivity index (χ3v) is 5.30. The van der Waals surface area contributed by atoms with E-state index in [0.717, 1.165) is 18.1 Å².